The lowest BCUT2D eigenvalue weighted by Crippen LogP contribution is -2.44. The quantitative estimate of drug-likeness (QED) is 0.597. The van der Waals surface area contributed by atoms with Crippen molar-refractivity contribution in [3.8, 4) is 0 Å². The molecule has 0 aliphatic carbocycles. The van der Waals surface area contributed by atoms with E-state index >= 15 is 0 Å². The maximum atomic E-state index is 12.4. The predicted molar refractivity (Wildman–Crippen MR) is 103 cm³/mol. The Morgan fingerprint density at radius 3 is 2.30 bits per heavy atom. The smallest absolute Gasteiger partial charge is 0.289 e. The van der Waals surface area contributed by atoms with E-state index in [-0.39, 0.29) is 11.4 Å². The number of sulfonamides is 1. The number of nitrogens with one attached hydrogen (secondary N) is 1. The average Bonchev–Trinajstić information content (AvgIpc) is 2.67. The second-order valence-electron chi connectivity index (χ2n) is 6.51. The Morgan fingerprint density at radius 1 is 1.04 bits per heavy atom. The Labute approximate surface area is 158 Å². The highest BCUT2D eigenvalue weighted by Gasteiger charge is 2.24. The minimum absolute atomic E-state index is 0.0669. The van der Waals surface area contributed by atoms with E-state index in [2.05, 4.69) is 21.6 Å². The molecule has 0 aromatic heterocycles. The highest BCUT2D eigenvalue weighted by molar-refractivity contribution is 7.89. The van der Waals surface area contributed by atoms with E-state index in [1.54, 1.807) is 0 Å². The number of rotatable bonds is 6. The van der Waals surface area contributed by atoms with Crippen LogP contribution in [0.1, 0.15) is 5.56 Å². The third-order valence-electron chi connectivity index (χ3n) is 4.62. The molecule has 0 unspecified atom stereocenters. The zero-order valence-corrected chi connectivity index (χ0v) is 15.9. The zero-order chi connectivity index (χ0) is 19.4. The summed E-state index contributed by atoms with van der Waals surface area (Å²) < 4.78 is 27.3. The van der Waals surface area contributed by atoms with Gasteiger partial charge in [0.05, 0.1) is 4.92 Å². The standard InChI is InChI=1S/C18H22N4O4S/c1-20-10-12-21(13-11-20)16-8-6-15(7-9-16)14-19-27(25,26)18-5-3-2-4-17(18)22(23)24/h2-9,19H,10-14H2,1H3. The molecule has 3 rings (SSSR count). The van der Waals surface area contributed by atoms with Gasteiger partial charge in [-0.05, 0) is 30.8 Å². The van der Waals surface area contributed by atoms with Crippen molar-refractivity contribution in [2.75, 3.05) is 38.1 Å². The van der Waals surface area contributed by atoms with Crippen molar-refractivity contribution in [1.82, 2.24) is 9.62 Å². The number of likely N-dealkylation sites (N-methyl/N-ethyl adjacent to an activating group) is 1. The first-order valence-electron chi connectivity index (χ1n) is 8.62. The Morgan fingerprint density at radius 2 is 1.67 bits per heavy atom. The van der Waals surface area contributed by atoms with Gasteiger partial charge in [-0.3, -0.25) is 10.1 Å². The molecule has 0 spiro atoms. The topological polar surface area (TPSA) is 95.8 Å². The number of anilines is 1. The van der Waals surface area contributed by atoms with Crippen LogP contribution in [-0.4, -0.2) is 51.5 Å². The van der Waals surface area contributed by atoms with Gasteiger partial charge in [-0.25, -0.2) is 13.1 Å². The maximum Gasteiger partial charge on any atom is 0.289 e. The second kappa shape index (κ2) is 8.03. The average molecular weight is 390 g/mol. The van der Waals surface area contributed by atoms with Crippen LogP contribution in [0.25, 0.3) is 0 Å². The van der Waals surface area contributed by atoms with Gasteiger partial charge in [0, 0.05) is 44.5 Å². The maximum absolute atomic E-state index is 12.4. The van der Waals surface area contributed by atoms with E-state index in [4.69, 9.17) is 0 Å². The molecule has 0 atom stereocenters. The fourth-order valence-electron chi connectivity index (χ4n) is 2.98. The van der Waals surface area contributed by atoms with Crippen LogP contribution in [-0.2, 0) is 16.6 Å². The fourth-order valence-corrected chi connectivity index (χ4v) is 4.17. The molecule has 0 bridgehead atoms. The number of nitrogens with zero attached hydrogens (tertiary/aromatic N) is 3. The molecule has 0 radical (unpaired) electrons. The summed E-state index contributed by atoms with van der Waals surface area (Å²) in [5, 5.41) is 11.1. The summed E-state index contributed by atoms with van der Waals surface area (Å²) in [7, 11) is -1.88. The molecule has 1 heterocycles. The molecule has 2 aromatic rings. The van der Waals surface area contributed by atoms with E-state index in [1.165, 1.54) is 24.3 Å². The molecule has 1 aliphatic rings. The summed E-state index contributed by atoms with van der Waals surface area (Å²) in [6.07, 6.45) is 0. The monoisotopic (exact) mass is 390 g/mol. The van der Waals surface area contributed by atoms with Crippen molar-refractivity contribution in [1.29, 1.82) is 0 Å². The number of para-hydroxylation sites is 1. The SMILES string of the molecule is CN1CCN(c2ccc(CNS(=O)(=O)c3ccccc3[N+](=O)[O-])cc2)CC1. The van der Waals surface area contributed by atoms with E-state index in [0.717, 1.165) is 37.4 Å². The first kappa shape index (κ1) is 19.3. The van der Waals surface area contributed by atoms with Crippen LogP contribution in [0.3, 0.4) is 0 Å². The molecule has 0 saturated carbocycles. The Bertz CT molecular complexity index is 907. The highest BCUT2D eigenvalue weighted by atomic mass is 32.2. The van der Waals surface area contributed by atoms with Crippen LogP contribution in [0.2, 0.25) is 0 Å². The summed E-state index contributed by atoms with van der Waals surface area (Å²) in [6.45, 7) is 4.01. The third kappa shape index (κ3) is 4.62. The van der Waals surface area contributed by atoms with Crippen LogP contribution < -0.4 is 9.62 Å². The van der Waals surface area contributed by atoms with E-state index in [0.29, 0.717) is 0 Å². The first-order chi connectivity index (χ1) is 12.9. The van der Waals surface area contributed by atoms with E-state index in [1.807, 2.05) is 24.3 Å². The van der Waals surface area contributed by atoms with Gasteiger partial charge >= 0.3 is 0 Å². The van der Waals surface area contributed by atoms with Crippen LogP contribution in [0.5, 0.6) is 0 Å². The number of piperazine rings is 1. The summed E-state index contributed by atoms with van der Waals surface area (Å²) in [5.41, 5.74) is 1.46. The molecular formula is C18H22N4O4S. The third-order valence-corrected chi connectivity index (χ3v) is 6.07. The molecule has 1 saturated heterocycles. The van der Waals surface area contributed by atoms with Crippen molar-refractivity contribution in [2.24, 2.45) is 0 Å². The van der Waals surface area contributed by atoms with Crippen LogP contribution in [0, 0.1) is 10.1 Å². The Hall–Kier alpha value is -2.49. The fraction of sp³-hybridized carbons (Fsp3) is 0.333. The molecule has 1 aliphatic heterocycles. The van der Waals surface area contributed by atoms with E-state index in [9.17, 15) is 18.5 Å². The largest absolute Gasteiger partial charge is 0.369 e. The van der Waals surface area contributed by atoms with Crippen molar-refractivity contribution >= 4 is 21.4 Å². The van der Waals surface area contributed by atoms with Gasteiger partial charge in [0.1, 0.15) is 0 Å². The Balaban J connectivity index is 1.67. The van der Waals surface area contributed by atoms with Crippen molar-refractivity contribution in [2.45, 2.75) is 11.4 Å². The predicted octanol–water partition coefficient (Wildman–Crippen LogP) is 1.83. The summed E-state index contributed by atoms with van der Waals surface area (Å²) in [6, 6.07) is 13.0. The lowest BCUT2D eigenvalue weighted by Gasteiger charge is -2.34. The highest BCUT2D eigenvalue weighted by Crippen LogP contribution is 2.23. The van der Waals surface area contributed by atoms with Gasteiger partial charge in [0.2, 0.25) is 10.0 Å². The number of hydrogen-bond donors (Lipinski definition) is 1. The normalized spacial score (nSPS) is 15.7. The van der Waals surface area contributed by atoms with E-state index < -0.39 is 20.6 Å². The number of nitro groups is 1. The van der Waals surface area contributed by atoms with Crippen molar-refractivity contribution in [3.05, 3.63) is 64.2 Å². The molecular weight excluding hydrogens is 368 g/mol. The minimum atomic E-state index is -3.98. The molecule has 144 valence electrons. The van der Waals surface area contributed by atoms with Crippen LogP contribution >= 0.6 is 0 Å². The molecule has 27 heavy (non-hydrogen) atoms. The summed E-state index contributed by atoms with van der Waals surface area (Å²) in [4.78, 5) is 14.6. The van der Waals surface area contributed by atoms with Crippen molar-refractivity contribution < 1.29 is 13.3 Å². The molecule has 9 heteroatoms. The second-order valence-corrected chi connectivity index (χ2v) is 8.24. The van der Waals surface area contributed by atoms with Crippen LogP contribution in [0.4, 0.5) is 11.4 Å². The summed E-state index contributed by atoms with van der Waals surface area (Å²) >= 11 is 0. The first-order valence-corrected chi connectivity index (χ1v) is 10.1. The molecule has 2 aromatic carbocycles. The lowest BCUT2D eigenvalue weighted by molar-refractivity contribution is -0.387. The number of benzene rings is 2. The van der Waals surface area contributed by atoms with Gasteiger partial charge in [-0.2, -0.15) is 0 Å². The minimum Gasteiger partial charge on any atom is -0.369 e. The lowest BCUT2D eigenvalue weighted by atomic mass is 10.2. The zero-order valence-electron chi connectivity index (χ0n) is 15.0. The van der Waals surface area contributed by atoms with Gasteiger partial charge in [-0.1, -0.05) is 24.3 Å². The van der Waals surface area contributed by atoms with Crippen molar-refractivity contribution in [3.63, 3.8) is 0 Å². The van der Waals surface area contributed by atoms with Gasteiger partial charge in [-0.15, -0.1) is 0 Å². The van der Waals surface area contributed by atoms with Gasteiger partial charge in [0.25, 0.3) is 5.69 Å². The number of hydrogen-bond acceptors (Lipinski definition) is 6. The molecule has 1 N–H and O–H groups in total. The number of nitro benzene ring substituents is 1. The Kier molecular flexibility index (Phi) is 5.73. The van der Waals surface area contributed by atoms with Gasteiger partial charge < -0.3 is 9.80 Å². The van der Waals surface area contributed by atoms with Crippen LogP contribution in [0.15, 0.2) is 53.4 Å². The van der Waals surface area contributed by atoms with Gasteiger partial charge in [0.15, 0.2) is 4.90 Å². The molecule has 1 fully saturated rings. The molecule has 0 amide bonds. The molecule has 8 nitrogen and oxygen atoms in total. The summed E-state index contributed by atoms with van der Waals surface area (Å²) in [5.74, 6) is 0.